The highest BCUT2D eigenvalue weighted by molar-refractivity contribution is 6.04. The fourth-order valence-electron chi connectivity index (χ4n) is 2.49. The molecule has 0 spiro atoms. The van der Waals surface area contributed by atoms with Gasteiger partial charge in [0.2, 0.25) is 0 Å². The number of pyridine rings is 1. The van der Waals surface area contributed by atoms with Crippen LogP contribution in [-0.2, 0) is 0 Å². The third kappa shape index (κ3) is 4.35. The van der Waals surface area contributed by atoms with Crippen LogP contribution >= 0.6 is 0 Å². The molecule has 0 aliphatic carbocycles. The largest absolute Gasteiger partial charge is 0.493 e. The summed E-state index contributed by atoms with van der Waals surface area (Å²) >= 11 is 0. The monoisotopic (exact) mass is 385 g/mol. The third-order valence-electron chi connectivity index (χ3n) is 3.85. The topological polar surface area (TPSA) is 72.5 Å². The number of benzene rings is 2. The summed E-state index contributed by atoms with van der Waals surface area (Å²) < 4.78 is 36.7. The number of rotatable bonds is 6. The predicted molar refractivity (Wildman–Crippen MR) is 101 cm³/mol. The lowest BCUT2D eigenvalue weighted by molar-refractivity contribution is 0.102. The molecule has 8 heteroatoms. The molecule has 1 heterocycles. The Morgan fingerprint density at radius 2 is 1.61 bits per heavy atom. The highest BCUT2D eigenvalue weighted by atomic mass is 19.2. The maximum absolute atomic E-state index is 13.3. The van der Waals surface area contributed by atoms with Crippen LogP contribution in [0.3, 0.4) is 0 Å². The molecule has 0 saturated heterocycles. The van der Waals surface area contributed by atoms with Crippen LogP contribution < -0.4 is 20.1 Å². The fourth-order valence-corrected chi connectivity index (χ4v) is 2.49. The molecule has 0 radical (unpaired) electrons. The summed E-state index contributed by atoms with van der Waals surface area (Å²) in [4.78, 5) is 16.4. The highest BCUT2D eigenvalue weighted by Crippen LogP contribution is 2.31. The number of carbonyl (C=O) groups excluding carboxylic acids is 1. The lowest BCUT2D eigenvalue weighted by atomic mass is 10.2. The molecule has 0 aliphatic heterocycles. The molecule has 2 aromatic carbocycles. The van der Waals surface area contributed by atoms with Crippen LogP contribution in [-0.4, -0.2) is 25.1 Å². The van der Waals surface area contributed by atoms with Crippen LogP contribution in [0.15, 0.2) is 54.9 Å². The molecule has 1 amide bonds. The number of hydrogen-bond donors (Lipinski definition) is 2. The van der Waals surface area contributed by atoms with Crippen molar-refractivity contribution in [1.29, 1.82) is 0 Å². The average Bonchev–Trinajstić information content (AvgIpc) is 2.71. The Balaban J connectivity index is 1.76. The molecule has 144 valence electrons. The Morgan fingerprint density at radius 3 is 2.32 bits per heavy atom. The third-order valence-corrected chi connectivity index (χ3v) is 3.85. The number of anilines is 3. The zero-order chi connectivity index (χ0) is 20.1. The molecule has 0 unspecified atom stereocenters. The molecule has 28 heavy (non-hydrogen) atoms. The first-order chi connectivity index (χ1) is 13.5. The Morgan fingerprint density at radius 1 is 0.857 bits per heavy atom. The Hall–Kier alpha value is -3.68. The second-order valence-corrected chi connectivity index (χ2v) is 5.74. The number of amides is 1. The highest BCUT2D eigenvalue weighted by Gasteiger charge is 2.11. The number of nitrogens with one attached hydrogen (secondary N) is 2. The van der Waals surface area contributed by atoms with Crippen molar-refractivity contribution in [2.24, 2.45) is 0 Å². The molecule has 1 aromatic heterocycles. The van der Waals surface area contributed by atoms with Crippen LogP contribution in [0, 0.1) is 11.6 Å². The van der Waals surface area contributed by atoms with Crippen LogP contribution in [0.2, 0.25) is 0 Å². The van der Waals surface area contributed by atoms with E-state index in [1.54, 1.807) is 37.6 Å². The van der Waals surface area contributed by atoms with Gasteiger partial charge in [-0.05, 0) is 30.3 Å². The summed E-state index contributed by atoms with van der Waals surface area (Å²) in [6.45, 7) is 0. The Labute approximate surface area is 160 Å². The number of hydrogen-bond acceptors (Lipinski definition) is 5. The number of aromatic nitrogens is 1. The quantitative estimate of drug-likeness (QED) is 0.659. The van der Waals surface area contributed by atoms with E-state index in [1.807, 2.05) is 0 Å². The number of halogens is 2. The zero-order valence-corrected chi connectivity index (χ0v) is 15.1. The Kier molecular flexibility index (Phi) is 5.69. The summed E-state index contributed by atoms with van der Waals surface area (Å²) in [7, 11) is 3.08. The number of nitrogens with zero attached hydrogens (tertiary/aromatic N) is 1. The zero-order valence-electron chi connectivity index (χ0n) is 15.1. The van der Waals surface area contributed by atoms with Crippen molar-refractivity contribution >= 4 is 23.0 Å². The minimum atomic E-state index is -1.04. The second-order valence-electron chi connectivity index (χ2n) is 5.74. The van der Waals surface area contributed by atoms with E-state index in [4.69, 9.17) is 9.47 Å². The van der Waals surface area contributed by atoms with E-state index >= 15 is 0 Å². The molecule has 2 N–H and O–H groups in total. The van der Waals surface area contributed by atoms with Gasteiger partial charge in [0, 0.05) is 29.7 Å². The van der Waals surface area contributed by atoms with E-state index in [0.29, 0.717) is 22.9 Å². The van der Waals surface area contributed by atoms with Crippen LogP contribution in [0.4, 0.5) is 25.8 Å². The maximum Gasteiger partial charge on any atom is 0.257 e. The van der Waals surface area contributed by atoms with E-state index in [1.165, 1.54) is 19.4 Å². The molecule has 0 bridgehead atoms. The van der Waals surface area contributed by atoms with Crippen molar-refractivity contribution in [3.8, 4) is 11.5 Å². The van der Waals surface area contributed by atoms with Crippen molar-refractivity contribution in [2.75, 3.05) is 24.9 Å². The fraction of sp³-hybridized carbons (Fsp3) is 0.100. The van der Waals surface area contributed by atoms with Gasteiger partial charge in [-0.25, -0.2) is 8.78 Å². The van der Waals surface area contributed by atoms with Gasteiger partial charge in [-0.15, -0.1) is 0 Å². The van der Waals surface area contributed by atoms with Crippen molar-refractivity contribution in [1.82, 2.24) is 4.98 Å². The van der Waals surface area contributed by atoms with Gasteiger partial charge in [0.05, 0.1) is 31.7 Å². The molecule has 6 nitrogen and oxygen atoms in total. The number of methoxy groups -OCH3 is 2. The predicted octanol–water partition coefficient (Wildman–Crippen LogP) is 4.37. The minimum Gasteiger partial charge on any atom is -0.493 e. The van der Waals surface area contributed by atoms with Crippen LogP contribution in [0.5, 0.6) is 11.5 Å². The lowest BCUT2D eigenvalue weighted by Crippen LogP contribution is -2.12. The van der Waals surface area contributed by atoms with E-state index in [9.17, 15) is 13.6 Å². The van der Waals surface area contributed by atoms with Gasteiger partial charge >= 0.3 is 0 Å². The van der Waals surface area contributed by atoms with Gasteiger partial charge in [-0.2, -0.15) is 0 Å². The molecule has 3 aromatic rings. The number of carbonyl (C=O) groups is 1. The minimum absolute atomic E-state index is 0.141. The van der Waals surface area contributed by atoms with Gasteiger partial charge in [0.25, 0.3) is 5.91 Å². The van der Waals surface area contributed by atoms with Crippen LogP contribution in [0.25, 0.3) is 0 Å². The first kappa shape index (κ1) is 19.1. The van der Waals surface area contributed by atoms with Crippen LogP contribution in [0.1, 0.15) is 10.4 Å². The first-order valence-electron chi connectivity index (χ1n) is 8.20. The van der Waals surface area contributed by atoms with E-state index in [-0.39, 0.29) is 11.3 Å². The van der Waals surface area contributed by atoms with Gasteiger partial charge < -0.3 is 20.1 Å². The van der Waals surface area contributed by atoms with Crippen molar-refractivity contribution < 1.29 is 23.0 Å². The first-order valence-corrected chi connectivity index (χ1v) is 8.20. The van der Waals surface area contributed by atoms with E-state index in [0.717, 1.165) is 12.1 Å². The SMILES string of the molecule is COc1ccc(Nc2cncc(C(=O)Nc3ccc(F)c(F)c3)c2)cc1OC. The standard InChI is InChI=1S/C20H17F2N3O3/c1-27-18-6-4-14(9-19(18)28-2)24-15-7-12(10-23-11-15)20(26)25-13-3-5-16(21)17(22)8-13/h3-11,24H,1-2H3,(H,25,26). The van der Waals surface area contributed by atoms with Gasteiger partial charge in [-0.1, -0.05) is 0 Å². The molecular weight excluding hydrogens is 368 g/mol. The molecule has 0 atom stereocenters. The summed E-state index contributed by atoms with van der Waals surface area (Å²) in [5.41, 5.74) is 1.65. The molecule has 0 aliphatic rings. The molecular formula is C20H17F2N3O3. The second kappa shape index (κ2) is 8.34. The smallest absolute Gasteiger partial charge is 0.257 e. The maximum atomic E-state index is 13.3. The van der Waals surface area contributed by atoms with Gasteiger partial charge in [-0.3, -0.25) is 9.78 Å². The summed E-state index contributed by atoms with van der Waals surface area (Å²) in [5, 5.41) is 5.62. The van der Waals surface area contributed by atoms with Gasteiger partial charge in [0.1, 0.15) is 0 Å². The van der Waals surface area contributed by atoms with Crippen molar-refractivity contribution in [2.45, 2.75) is 0 Å². The van der Waals surface area contributed by atoms with Crippen molar-refractivity contribution in [3.05, 3.63) is 72.1 Å². The van der Waals surface area contributed by atoms with Crippen molar-refractivity contribution in [3.63, 3.8) is 0 Å². The molecule has 0 fully saturated rings. The van der Waals surface area contributed by atoms with Gasteiger partial charge in [0.15, 0.2) is 23.1 Å². The average molecular weight is 385 g/mol. The summed E-state index contributed by atoms with van der Waals surface area (Å²) in [5.74, 6) is -1.39. The Bertz CT molecular complexity index is 1010. The number of ether oxygens (including phenoxy) is 2. The normalized spacial score (nSPS) is 10.3. The lowest BCUT2D eigenvalue weighted by Gasteiger charge is -2.12. The van der Waals surface area contributed by atoms with E-state index in [2.05, 4.69) is 15.6 Å². The van der Waals surface area contributed by atoms with E-state index < -0.39 is 17.5 Å². The summed E-state index contributed by atoms with van der Waals surface area (Å²) in [6, 6.07) is 9.98. The molecule has 0 saturated carbocycles. The summed E-state index contributed by atoms with van der Waals surface area (Å²) in [6.07, 6.45) is 2.92. The molecule has 3 rings (SSSR count).